The van der Waals surface area contributed by atoms with Gasteiger partial charge in [-0.1, -0.05) is 0 Å². The molecule has 0 radical (unpaired) electrons. The van der Waals surface area contributed by atoms with Gasteiger partial charge >= 0.3 is 12.1 Å². The largest absolute Gasteiger partial charge is 0.452 e. The lowest BCUT2D eigenvalue weighted by Gasteiger charge is -2.09. The first-order valence-corrected chi connectivity index (χ1v) is 4.98. The molecule has 0 heterocycles. The molecule has 0 aromatic heterocycles. The number of ether oxygens (including phenoxy) is 1. The van der Waals surface area contributed by atoms with Gasteiger partial charge < -0.3 is 10.5 Å². The van der Waals surface area contributed by atoms with Gasteiger partial charge in [0, 0.05) is 4.47 Å². The van der Waals surface area contributed by atoms with Gasteiger partial charge in [0.2, 0.25) is 0 Å². The van der Waals surface area contributed by atoms with Gasteiger partial charge in [-0.05, 0) is 28.1 Å². The van der Waals surface area contributed by atoms with Crippen molar-refractivity contribution in [2.24, 2.45) is 0 Å². The van der Waals surface area contributed by atoms with Crippen LogP contribution in [0.5, 0.6) is 0 Å². The van der Waals surface area contributed by atoms with E-state index in [1.54, 1.807) is 0 Å². The van der Waals surface area contributed by atoms with Crippen molar-refractivity contribution in [2.75, 3.05) is 12.3 Å². The van der Waals surface area contributed by atoms with E-state index in [1.165, 1.54) is 0 Å². The van der Waals surface area contributed by atoms with E-state index < -0.39 is 24.6 Å². The number of hydrogen-bond acceptors (Lipinski definition) is 3. The summed E-state index contributed by atoms with van der Waals surface area (Å²) in [5.74, 6) is -2.02. The van der Waals surface area contributed by atoms with Crippen LogP contribution in [-0.2, 0) is 4.74 Å². The highest BCUT2D eigenvalue weighted by Crippen LogP contribution is 2.24. The van der Waals surface area contributed by atoms with Crippen LogP contribution in [0, 0.1) is 5.82 Å². The maximum Gasteiger partial charge on any atom is 0.422 e. The number of nitrogen functional groups attached to an aromatic ring is 1. The number of halogens is 5. The van der Waals surface area contributed by atoms with E-state index in [0.717, 1.165) is 12.1 Å². The van der Waals surface area contributed by atoms with Crippen LogP contribution in [-0.4, -0.2) is 18.8 Å². The van der Waals surface area contributed by atoms with Crippen molar-refractivity contribution in [3.63, 3.8) is 0 Å². The SMILES string of the molecule is Nc1cc(C(=O)OCC(F)(F)F)c(Br)cc1F. The van der Waals surface area contributed by atoms with Gasteiger partial charge in [-0.25, -0.2) is 9.18 Å². The van der Waals surface area contributed by atoms with Crippen molar-refractivity contribution in [3.05, 3.63) is 28.0 Å². The van der Waals surface area contributed by atoms with Crippen LogP contribution in [0.15, 0.2) is 16.6 Å². The molecule has 0 spiro atoms. The van der Waals surface area contributed by atoms with E-state index in [9.17, 15) is 22.4 Å². The second kappa shape index (κ2) is 4.91. The third-order valence-electron chi connectivity index (χ3n) is 1.67. The Kier molecular flexibility index (Phi) is 3.97. The number of carbonyl (C=O) groups excluding carboxylic acids is 1. The number of nitrogens with two attached hydrogens (primary N) is 1. The highest BCUT2D eigenvalue weighted by Gasteiger charge is 2.30. The lowest BCUT2D eigenvalue weighted by Crippen LogP contribution is -2.20. The van der Waals surface area contributed by atoms with Gasteiger partial charge in [-0.2, -0.15) is 13.2 Å². The molecule has 0 bridgehead atoms. The van der Waals surface area contributed by atoms with Gasteiger partial charge in [-0.15, -0.1) is 0 Å². The monoisotopic (exact) mass is 315 g/mol. The van der Waals surface area contributed by atoms with Gasteiger partial charge in [-0.3, -0.25) is 0 Å². The maximum absolute atomic E-state index is 12.9. The van der Waals surface area contributed by atoms with Crippen LogP contribution >= 0.6 is 15.9 Å². The van der Waals surface area contributed by atoms with E-state index in [1.807, 2.05) is 0 Å². The van der Waals surface area contributed by atoms with Crippen molar-refractivity contribution >= 4 is 27.6 Å². The fourth-order valence-electron chi connectivity index (χ4n) is 0.947. The Morgan fingerprint density at radius 1 is 1.41 bits per heavy atom. The van der Waals surface area contributed by atoms with Crippen LogP contribution < -0.4 is 5.73 Å². The van der Waals surface area contributed by atoms with E-state index in [-0.39, 0.29) is 15.7 Å². The van der Waals surface area contributed by atoms with Crippen molar-refractivity contribution in [1.29, 1.82) is 0 Å². The molecule has 94 valence electrons. The van der Waals surface area contributed by atoms with E-state index in [0.29, 0.717) is 0 Å². The third kappa shape index (κ3) is 3.88. The zero-order valence-electron chi connectivity index (χ0n) is 8.15. The molecule has 8 heteroatoms. The second-order valence-electron chi connectivity index (χ2n) is 3.04. The summed E-state index contributed by atoms with van der Waals surface area (Å²) in [6, 6.07) is 1.78. The average molecular weight is 316 g/mol. The normalized spacial score (nSPS) is 11.4. The maximum atomic E-state index is 12.9. The number of esters is 1. The molecular weight excluding hydrogens is 310 g/mol. The molecule has 0 fully saturated rings. The van der Waals surface area contributed by atoms with Crippen molar-refractivity contribution in [3.8, 4) is 0 Å². The number of carbonyl (C=O) groups is 1. The number of benzene rings is 1. The molecule has 0 aliphatic rings. The van der Waals surface area contributed by atoms with Crippen LogP contribution in [0.3, 0.4) is 0 Å². The van der Waals surface area contributed by atoms with Crippen molar-refractivity contribution in [2.45, 2.75) is 6.18 Å². The quantitative estimate of drug-likeness (QED) is 0.518. The van der Waals surface area contributed by atoms with E-state index >= 15 is 0 Å². The molecule has 0 amide bonds. The van der Waals surface area contributed by atoms with Crippen molar-refractivity contribution in [1.82, 2.24) is 0 Å². The summed E-state index contributed by atoms with van der Waals surface area (Å²) < 4.78 is 52.3. The smallest absolute Gasteiger partial charge is 0.422 e. The molecule has 17 heavy (non-hydrogen) atoms. The molecule has 0 unspecified atom stereocenters. The molecule has 0 aliphatic heterocycles. The van der Waals surface area contributed by atoms with Crippen LogP contribution in [0.1, 0.15) is 10.4 Å². The minimum absolute atomic E-state index is 0.0311. The second-order valence-corrected chi connectivity index (χ2v) is 3.90. The average Bonchev–Trinajstić information content (AvgIpc) is 2.19. The molecule has 2 N–H and O–H groups in total. The predicted octanol–water partition coefficient (Wildman–Crippen LogP) is 2.89. The minimum Gasteiger partial charge on any atom is -0.452 e. The zero-order chi connectivity index (χ0) is 13.2. The highest BCUT2D eigenvalue weighted by molar-refractivity contribution is 9.10. The van der Waals surface area contributed by atoms with Crippen LogP contribution in [0.2, 0.25) is 0 Å². The standard InChI is InChI=1S/C9H6BrF4NO2/c10-5-2-6(11)7(15)1-4(5)8(16)17-3-9(12,13)14/h1-2H,3,15H2. The van der Waals surface area contributed by atoms with E-state index in [4.69, 9.17) is 5.73 Å². The highest BCUT2D eigenvalue weighted by atomic mass is 79.9. The van der Waals surface area contributed by atoms with Gasteiger partial charge in [0.15, 0.2) is 6.61 Å². The Balaban J connectivity index is 2.86. The zero-order valence-corrected chi connectivity index (χ0v) is 9.73. The molecule has 0 saturated carbocycles. The first kappa shape index (κ1) is 13.8. The van der Waals surface area contributed by atoms with Crippen molar-refractivity contribution < 1.29 is 27.1 Å². The summed E-state index contributed by atoms with van der Waals surface area (Å²) in [5, 5.41) is 0. The van der Waals surface area contributed by atoms with Crippen LogP contribution in [0.25, 0.3) is 0 Å². The Bertz CT molecular complexity index is 447. The van der Waals surface area contributed by atoms with E-state index in [2.05, 4.69) is 20.7 Å². The fourth-order valence-corrected chi connectivity index (χ4v) is 1.42. The Hall–Kier alpha value is -1.31. The molecule has 1 aromatic rings. The van der Waals surface area contributed by atoms with Gasteiger partial charge in [0.25, 0.3) is 0 Å². The predicted molar refractivity (Wildman–Crippen MR) is 54.8 cm³/mol. The molecule has 1 rings (SSSR count). The molecular formula is C9H6BrF4NO2. The number of alkyl halides is 3. The van der Waals surface area contributed by atoms with Gasteiger partial charge in [0.1, 0.15) is 5.82 Å². The summed E-state index contributed by atoms with van der Waals surface area (Å²) in [7, 11) is 0. The summed E-state index contributed by atoms with van der Waals surface area (Å²) in [5.41, 5.74) is 4.56. The fraction of sp³-hybridized carbons (Fsp3) is 0.222. The Labute approximate surface area is 102 Å². The Morgan fingerprint density at radius 2 is 2.00 bits per heavy atom. The minimum atomic E-state index is -4.62. The number of rotatable bonds is 2. The summed E-state index contributed by atoms with van der Waals surface area (Å²) >= 11 is 2.82. The summed E-state index contributed by atoms with van der Waals surface area (Å²) in [4.78, 5) is 11.2. The number of hydrogen-bond donors (Lipinski definition) is 1. The molecule has 0 aliphatic carbocycles. The summed E-state index contributed by atoms with van der Waals surface area (Å²) in [6.45, 7) is -1.71. The molecule has 0 saturated heterocycles. The number of anilines is 1. The Morgan fingerprint density at radius 3 is 2.53 bits per heavy atom. The topological polar surface area (TPSA) is 52.3 Å². The first-order valence-electron chi connectivity index (χ1n) is 4.19. The molecule has 1 aromatic carbocycles. The molecule has 0 atom stereocenters. The lowest BCUT2D eigenvalue weighted by molar-refractivity contribution is -0.161. The molecule has 3 nitrogen and oxygen atoms in total. The van der Waals surface area contributed by atoms with Gasteiger partial charge in [0.05, 0.1) is 11.3 Å². The van der Waals surface area contributed by atoms with Crippen LogP contribution in [0.4, 0.5) is 23.2 Å². The lowest BCUT2D eigenvalue weighted by atomic mass is 10.2. The first-order chi connectivity index (χ1) is 7.70. The third-order valence-corrected chi connectivity index (χ3v) is 2.33. The summed E-state index contributed by atoms with van der Waals surface area (Å²) in [6.07, 6.45) is -4.62.